The van der Waals surface area contributed by atoms with Crippen LogP contribution in [0.3, 0.4) is 0 Å². The summed E-state index contributed by atoms with van der Waals surface area (Å²) in [5, 5.41) is 34.2. The molecular weight excluding hydrogens is 296 g/mol. The fourth-order valence-corrected chi connectivity index (χ4v) is 0. The minimum atomic E-state index is -1.65. The van der Waals surface area contributed by atoms with Gasteiger partial charge in [0.15, 0.2) is 0 Å². The van der Waals surface area contributed by atoms with E-state index in [1.54, 1.807) is 0 Å². The van der Waals surface area contributed by atoms with E-state index in [1.807, 2.05) is 0 Å². The molecule has 2 N–H and O–H groups in total. The summed E-state index contributed by atoms with van der Waals surface area (Å²) in [5.41, 5.74) is -3.30. The zero-order chi connectivity index (χ0) is 10.3. The Morgan fingerprint density at radius 3 is 1.08 bits per heavy atom. The van der Waals surface area contributed by atoms with Crippen LogP contribution in [-0.4, -0.2) is 78.5 Å². The van der Waals surface area contributed by atoms with Crippen LogP contribution in [0.2, 0.25) is 0 Å². The van der Waals surface area contributed by atoms with E-state index in [9.17, 15) is 19.8 Å². The van der Waals surface area contributed by atoms with Crippen molar-refractivity contribution in [2.45, 2.75) is 10.9 Å². The quantitative estimate of drug-likeness (QED) is 0.232. The fraction of sp³-hybridized carbons (Fsp3) is 0.500. The molecule has 0 aromatic rings. The normalized spacial score (nSPS) is 12.6. The summed E-state index contributed by atoms with van der Waals surface area (Å²) in [6.07, 6.45) is 0. The third-order valence-corrected chi connectivity index (χ3v) is 0.843. The zero-order valence-corrected chi connectivity index (χ0v) is 11.5. The Balaban J connectivity index is -0.000000143. The van der Waals surface area contributed by atoms with E-state index in [1.165, 1.54) is 0 Å². The van der Waals surface area contributed by atoms with E-state index in [2.05, 4.69) is 25.3 Å². The number of carbonyl (C=O) groups is 2. The second-order valence-corrected chi connectivity index (χ2v) is 2.36. The van der Waals surface area contributed by atoms with Crippen molar-refractivity contribution in [2.75, 3.05) is 0 Å². The van der Waals surface area contributed by atoms with Crippen LogP contribution in [0, 0.1) is 0 Å². The van der Waals surface area contributed by atoms with E-state index in [4.69, 9.17) is 10.2 Å². The maximum Gasteiger partial charge on any atom is 2.00 e. The Hall–Kier alpha value is 1.04. The summed E-state index contributed by atoms with van der Waals surface area (Å²) in [4.78, 5) is 18.5. The molecule has 13 heavy (non-hydrogen) atoms. The number of rotatable bonds is 2. The zero-order valence-electron chi connectivity index (χ0n) is 6.28. The number of hydrogen-bond donors (Lipinski definition) is 4. The second kappa shape index (κ2) is 11.1. The van der Waals surface area contributed by atoms with Gasteiger partial charge < -0.3 is 30.0 Å². The predicted molar refractivity (Wildman–Crippen MR) is 45.8 cm³/mol. The number of carboxylic acids is 2. The molecule has 0 aliphatic heterocycles. The topological polar surface area (TPSA) is 121 Å². The number of aliphatic hydroxyl groups is 2. The van der Waals surface area contributed by atoms with Gasteiger partial charge in [0.2, 0.25) is 0 Å². The van der Waals surface area contributed by atoms with Crippen molar-refractivity contribution < 1.29 is 30.0 Å². The molecule has 2 atom stereocenters. The molecule has 0 saturated carbocycles. The van der Waals surface area contributed by atoms with Crippen LogP contribution in [0.25, 0.3) is 0 Å². The first-order valence-corrected chi connectivity index (χ1v) is 3.46. The number of aliphatic hydroxyl groups excluding tert-OH is 2. The first kappa shape index (κ1) is 19.6. The molecule has 0 radical (unpaired) electrons. The van der Waals surface area contributed by atoms with Crippen molar-refractivity contribution in [1.29, 1.82) is 0 Å². The van der Waals surface area contributed by atoms with Crippen molar-refractivity contribution in [2.24, 2.45) is 0 Å². The molecule has 0 fully saturated rings. The molecule has 0 rings (SSSR count). The summed E-state index contributed by atoms with van der Waals surface area (Å²) < 4.78 is 0. The van der Waals surface area contributed by atoms with Crippen molar-refractivity contribution >= 4 is 82.7 Å². The maximum atomic E-state index is 9.26. The molecular formula is C4H6O6S2Sr. The van der Waals surface area contributed by atoms with E-state index in [0.29, 0.717) is 0 Å². The van der Waals surface area contributed by atoms with Gasteiger partial charge in [0, 0.05) is 0 Å². The van der Waals surface area contributed by atoms with Crippen molar-refractivity contribution in [3.05, 3.63) is 0 Å². The molecule has 0 bridgehead atoms. The summed E-state index contributed by atoms with van der Waals surface area (Å²) in [5.74, 6) is -3.14. The van der Waals surface area contributed by atoms with Crippen LogP contribution in [0.5, 0.6) is 0 Å². The van der Waals surface area contributed by atoms with Crippen LogP contribution in [0.4, 0.5) is 0 Å². The van der Waals surface area contributed by atoms with Crippen molar-refractivity contribution in [3.63, 3.8) is 0 Å². The van der Waals surface area contributed by atoms with E-state index in [0.717, 1.165) is 0 Å². The smallest absolute Gasteiger partial charge is 0.546 e. The fourth-order valence-electron chi connectivity index (χ4n) is 0. The monoisotopic (exact) mass is 302 g/mol. The summed E-state index contributed by atoms with van der Waals surface area (Å²) in [6, 6.07) is 0. The van der Waals surface area contributed by atoms with Gasteiger partial charge in [0.25, 0.3) is 0 Å². The molecule has 0 aromatic heterocycles. The van der Waals surface area contributed by atoms with E-state index >= 15 is 0 Å². The average Bonchev–Trinajstić information content (AvgIpc) is 1.88. The Labute approximate surface area is 122 Å². The minimum Gasteiger partial charge on any atom is -0.546 e. The van der Waals surface area contributed by atoms with Gasteiger partial charge in [0.05, 0.1) is 11.9 Å². The second-order valence-electron chi connectivity index (χ2n) is 1.39. The first-order chi connectivity index (χ1) is 5.29. The molecule has 6 nitrogen and oxygen atoms in total. The van der Waals surface area contributed by atoms with Gasteiger partial charge in [0.1, 0.15) is 10.9 Å². The van der Waals surface area contributed by atoms with Gasteiger partial charge in [-0.1, -0.05) is 0 Å². The Morgan fingerprint density at radius 1 is 1.00 bits per heavy atom. The average molecular weight is 302 g/mol. The summed E-state index contributed by atoms with van der Waals surface area (Å²) in [6.45, 7) is 0. The molecule has 0 saturated heterocycles. The van der Waals surface area contributed by atoms with Crippen LogP contribution < -0.4 is 10.2 Å². The molecule has 0 spiro atoms. The largest absolute Gasteiger partial charge is 2.00 e. The molecule has 0 heterocycles. The van der Waals surface area contributed by atoms with Gasteiger partial charge in [-0.05, 0) is 0 Å². The van der Waals surface area contributed by atoms with Crippen molar-refractivity contribution in [3.8, 4) is 0 Å². The number of thiol groups is 2. The van der Waals surface area contributed by atoms with E-state index < -0.39 is 22.8 Å². The van der Waals surface area contributed by atoms with E-state index in [-0.39, 0.29) is 45.5 Å². The third-order valence-electron chi connectivity index (χ3n) is 0.422. The van der Waals surface area contributed by atoms with Gasteiger partial charge >= 0.3 is 45.5 Å². The van der Waals surface area contributed by atoms with Gasteiger partial charge in [-0.3, -0.25) is 0 Å². The van der Waals surface area contributed by atoms with Gasteiger partial charge in [-0.15, -0.1) is 25.3 Å². The summed E-state index contributed by atoms with van der Waals surface area (Å²) in [7, 11) is 0. The SMILES string of the molecule is O=C([O-])C(O)S.O=C([O-])C(O)S.[Sr+2]. The first-order valence-electron chi connectivity index (χ1n) is 2.43. The standard InChI is InChI=1S/2C2H4O3S.Sr/c2*3-1(4)2(5)6;/h2*2,5-6H,(H,3,4);/q;;+2/p-2. The van der Waals surface area contributed by atoms with Crippen molar-refractivity contribution in [1.82, 2.24) is 0 Å². The Kier molecular flexibility index (Phi) is 16.8. The maximum absolute atomic E-state index is 9.26. The third kappa shape index (κ3) is 19.4. The molecule has 72 valence electrons. The molecule has 9 heteroatoms. The van der Waals surface area contributed by atoms with Crippen LogP contribution in [0.15, 0.2) is 0 Å². The van der Waals surface area contributed by atoms with Crippen LogP contribution in [0.1, 0.15) is 0 Å². The van der Waals surface area contributed by atoms with Gasteiger partial charge in [-0.25, -0.2) is 0 Å². The Bertz CT molecular complexity index is 143. The number of carbonyl (C=O) groups excluding carboxylic acids is 2. The van der Waals surface area contributed by atoms with Gasteiger partial charge in [-0.2, -0.15) is 0 Å². The number of hydrogen-bond acceptors (Lipinski definition) is 8. The molecule has 0 aliphatic rings. The van der Waals surface area contributed by atoms with Crippen LogP contribution in [-0.2, 0) is 9.59 Å². The number of carboxylic acid groups (broad SMARTS) is 2. The predicted octanol–water partition coefficient (Wildman–Crippen LogP) is -4.41. The molecule has 0 aliphatic carbocycles. The Morgan fingerprint density at radius 2 is 1.08 bits per heavy atom. The number of aliphatic carboxylic acids is 2. The molecule has 0 amide bonds. The summed E-state index contributed by atoms with van der Waals surface area (Å²) >= 11 is 6.17. The van der Waals surface area contributed by atoms with Crippen LogP contribution >= 0.6 is 25.3 Å². The minimum absolute atomic E-state index is 0. The molecule has 2 unspecified atom stereocenters. The molecule has 0 aromatic carbocycles.